The maximum absolute atomic E-state index is 13.8. The van der Waals surface area contributed by atoms with Crippen molar-refractivity contribution in [2.24, 2.45) is 5.73 Å². The highest BCUT2D eigenvalue weighted by molar-refractivity contribution is 8.04. The molecule has 0 aromatic heterocycles. The molecule has 0 radical (unpaired) electrons. The molecule has 4 rings (SSSR count). The van der Waals surface area contributed by atoms with Gasteiger partial charge in [-0.2, -0.15) is 5.26 Å². The van der Waals surface area contributed by atoms with E-state index in [9.17, 15) is 19.6 Å². The van der Waals surface area contributed by atoms with Crippen LogP contribution in [0.1, 0.15) is 23.5 Å². The van der Waals surface area contributed by atoms with E-state index in [4.69, 9.17) is 15.2 Å². The molecule has 1 saturated heterocycles. The Hall–Kier alpha value is -4.23. The average molecular weight is 505 g/mol. The number of esters is 1. The molecule has 0 saturated carbocycles. The van der Waals surface area contributed by atoms with Crippen molar-refractivity contribution < 1.29 is 23.9 Å². The third-order valence-electron chi connectivity index (χ3n) is 5.93. The minimum Gasteiger partial charge on any atom is -0.497 e. The number of nitrogens with zero attached hydrogens (tertiary/aromatic N) is 2. The second-order valence-electron chi connectivity index (χ2n) is 8.22. The normalized spacial score (nSPS) is 19.1. The van der Waals surface area contributed by atoms with Gasteiger partial charge < -0.3 is 20.5 Å². The van der Waals surface area contributed by atoms with Crippen molar-refractivity contribution in [1.29, 1.82) is 5.26 Å². The van der Waals surface area contributed by atoms with Gasteiger partial charge in [-0.25, -0.2) is 0 Å². The number of ether oxygens (including phenoxy) is 2. The van der Waals surface area contributed by atoms with Gasteiger partial charge in [0.2, 0.25) is 5.91 Å². The first-order valence-electron chi connectivity index (χ1n) is 11.0. The molecule has 36 heavy (non-hydrogen) atoms. The van der Waals surface area contributed by atoms with E-state index in [2.05, 4.69) is 11.4 Å². The number of carbonyl (C=O) groups excluding carboxylic acids is 3. The first-order valence-corrected chi connectivity index (χ1v) is 11.9. The Morgan fingerprint density at radius 1 is 1.19 bits per heavy atom. The summed E-state index contributed by atoms with van der Waals surface area (Å²) in [7, 11) is 2.75. The topological polar surface area (TPSA) is 135 Å². The molecule has 0 unspecified atom stereocenters. The predicted molar refractivity (Wildman–Crippen MR) is 134 cm³/mol. The number of hydrogen-bond acceptors (Lipinski definition) is 8. The van der Waals surface area contributed by atoms with Gasteiger partial charge in [0.1, 0.15) is 16.8 Å². The summed E-state index contributed by atoms with van der Waals surface area (Å²) in [4.78, 5) is 40.2. The van der Waals surface area contributed by atoms with Crippen molar-refractivity contribution in [3.05, 3.63) is 81.7 Å². The van der Waals surface area contributed by atoms with Crippen LogP contribution in [0.5, 0.6) is 5.75 Å². The Labute approximate surface area is 212 Å². The Morgan fingerprint density at radius 2 is 1.94 bits per heavy atom. The fourth-order valence-corrected chi connectivity index (χ4v) is 5.55. The SMILES string of the molecule is COC(=O)C[C@H]1SC2=C(C(=O)Nc3cccc(C)c3)[C@H](c3cccc(OC)c3)C(C#N)=C(N)N2C1=O. The van der Waals surface area contributed by atoms with Crippen LogP contribution in [0.4, 0.5) is 5.69 Å². The molecule has 2 aliphatic heterocycles. The second-order valence-corrected chi connectivity index (χ2v) is 9.41. The average Bonchev–Trinajstić information content (AvgIpc) is 3.19. The Morgan fingerprint density at radius 3 is 2.61 bits per heavy atom. The lowest BCUT2D eigenvalue weighted by atomic mass is 9.82. The lowest BCUT2D eigenvalue weighted by Gasteiger charge is -2.32. The highest BCUT2D eigenvalue weighted by atomic mass is 32.2. The van der Waals surface area contributed by atoms with Crippen LogP contribution in [0.15, 0.2) is 70.5 Å². The highest BCUT2D eigenvalue weighted by Crippen LogP contribution is 2.50. The van der Waals surface area contributed by atoms with Crippen molar-refractivity contribution in [3.63, 3.8) is 0 Å². The predicted octanol–water partition coefficient (Wildman–Crippen LogP) is 3.15. The van der Waals surface area contributed by atoms with Crippen LogP contribution in [0, 0.1) is 18.3 Å². The van der Waals surface area contributed by atoms with Crippen LogP contribution in [0.3, 0.4) is 0 Å². The minimum absolute atomic E-state index is 0.0501. The lowest BCUT2D eigenvalue weighted by Crippen LogP contribution is -2.39. The molecule has 10 heteroatoms. The molecule has 184 valence electrons. The number of benzene rings is 2. The van der Waals surface area contributed by atoms with Gasteiger partial charge >= 0.3 is 5.97 Å². The second kappa shape index (κ2) is 10.2. The molecule has 0 bridgehead atoms. The molecular formula is C26H24N4O5S. The van der Waals surface area contributed by atoms with E-state index in [1.54, 1.807) is 30.3 Å². The number of anilines is 1. The Kier molecular flexibility index (Phi) is 7.03. The van der Waals surface area contributed by atoms with E-state index >= 15 is 0 Å². The number of nitriles is 1. The van der Waals surface area contributed by atoms with E-state index < -0.39 is 29.0 Å². The number of nitrogens with one attached hydrogen (secondary N) is 1. The molecule has 0 aliphatic carbocycles. The number of fused-ring (bicyclic) bond motifs is 1. The van der Waals surface area contributed by atoms with E-state index in [0.717, 1.165) is 17.3 Å². The maximum Gasteiger partial charge on any atom is 0.307 e. The highest BCUT2D eigenvalue weighted by Gasteiger charge is 2.48. The number of allylic oxidation sites excluding steroid dienone is 1. The third-order valence-corrected chi connectivity index (χ3v) is 7.20. The number of hydrogen-bond donors (Lipinski definition) is 2. The first-order chi connectivity index (χ1) is 17.3. The summed E-state index contributed by atoms with van der Waals surface area (Å²) in [6.07, 6.45) is -0.203. The van der Waals surface area contributed by atoms with Crippen molar-refractivity contribution >= 4 is 35.2 Å². The standard InChI is InChI=1S/C26H24N4O5S/c1-14-6-4-8-16(10-14)29-24(32)22-21(15-7-5-9-17(11-15)34-2)18(13-27)23(28)30-25(33)19(36-26(22)30)12-20(31)35-3/h4-11,19,21H,12,28H2,1-3H3,(H,29,32)/t19-,21-/m1/s1. The first kappa shape index (κ1) is 24.9. The fraction of sp³-hybridized carbons (Fsp3) is 0.231. The van der Waals surface area contributed by atoms with Crippen molar-refractivity contribution in [1.82, 2.24) is 4.90 Å². The lowest BCUT2D eigenvalue weighted by molar-refractivity contribution is -0.142. The molecular weight excluding hydrogens is 480 g/mol. The zero-order valence-electron chi connectivity index (χ0n) is 19.9. The van der Waals surface area contributed by atoms with E-state index in [1.165, 1.54) is 19.1 Å². The van der Waals surface area contributed by atoms with Crippen LogP contribution in [0.2, 0.25) is 0 Å². The number of methoxy groups -OCH3 is 2. The van der Waals surface area contributed by atoms with Gasteiger partial charge in [0.25, 0.3) is 5.91 Å². The van der Waals surface area contributed by atoms with Gasteiger partial charge in [-0.1, -0.05) is 36.0 Å². The van der Waals surface area contributed by atoms with E-state index in [1.807, 2.05) is 25.1 Å². The quantitative estimate of drug-likeness (QED) is 0.573. The van der Waals surface area contributed by atoms with Crippen LogP contribution in [-0.2, 0) is 19.1 Å². The summed E-state index contributed by atoms with van der Waals surface area (Å²) in [5.41, 5.74) is 8.70. The molecule has 1 fully saturated rings. The molecule has 2 aliphatic rings. The Bertz CT molecular complexity index is 1360. The summed E-state index contributed by atoms with van der Waals surface area (Å²) in [5, 5.41) is 12.4. The molecule has 2 heterocycles. The number of aryl methyl sites for hydroxylation is 1. The summed E-state index contributed by atoms with van der Waals surface area (Å²) in [6, 6.07) is 16.4. The number of amides is 2. The van der Waals surface area contributed by atoms with Crippen molar-refractivity contribution in [3.8, 4) is 11.8 Å². The third kappa shape index (κ3) is 4.53. The number of nitrogens with two attached hydrogens (primary N) is 1. The van der Waals surface area contributed by atoms with Crippen LogP contribution in [-0.4, -0.2) is 42.2 Å². The van der Waals surface area contributed by atoms with Gasteiger partial charge in [0, 0.05) is 5.69 Å². The van der Waals surface area contributed by atoms with Gasteiger partial charge in [-0.3, -0.25) is 19.3 Å². The van der Waals surface area contributed by atoms with Gasteiger partial charge in [0.15, 0.2) is 0 Å². The van der Waals surface area contributed by atoms with Gasteiger partial charge in [-0.15, -0.1) is 0 Å². The van der Waals surface area contributed by atoms with Crippen LogP contribution in [0.25, 0.3) is 0 Å². The smallest absolute Gasteiger partial charge is 0.307 e. The maximum atomic E-state index is 13.8. The molecule has 2 atom stereocenters. The number of carbonyl (C=O) groups is 3. The molecule has 3 N–H and O–H groups in total. The van der Waals surface area contributed by atoms with Crippen molar-refractivity contribution in [2.75, 3.05) is 19.5 Å². The summed E-state index contributed by atoms with van der Waals surface area (Å²) >= 11 is 1.06. The summed E-state index contributed by atoms with van der Waals surface area (Å²) in [5.74, 6) is -1.95. The molecule has 2 aromatic carbocycles. The van der Waals surface area contributed by atoms with Crippen LogP contribution >= 0.6 is 11.8 Å². The largest absolute Gasteiger partial charge is 0.497 e. The fourth-order valence-electron chi connectivity index (χ4n) is 4.22. The summed E-state index contributed by atoms with van der Waals surface area (Å²) < 4.78 is 10.1. The Balaban J connectivity index is 1.89. The summed E-state index contributed by atoms with van der Waals surface area (Å²) in [6.45, 7) is 1.90. The van der Waals surface area contributed by atoms with Gasteiger partial charge in [-0.05, 0) is 42.3 Å². The molecule has 2 amide bonds. The minimum atomic E-state index is -0.863. The monoisotopic (exact) mass is 504 g/mol. The zero-order valence-corrected chi connectivity index (χ0v) is 20.7. The molecule has 0 spiro atoms. The zero-order chi connectivity index (χ0) is 26.0. The number of rotatable bonds is 6. The van der Waals surface area contributed by atoms with Crippen LogP contribution < -0.4 is 15.8 Å². The van der Waals surface area contributed by atoms with E-state index in [-0.39, 0.29) is 28.4 Å². The van der Waals surface area contributed by atoms with E-state index in [0.29, 0.717) is 17.0 Å². The molecule has 9 nitrogen and oxygen atoms in total. The van der Waals surface area contributed by atoms with Crippen molar-refractivity contribution in [2.45, 2.75) is 24.5 Å². The number of thioether (sulfide) groups is 1. The van der Waals surface area contributed by atoms with Gasteiger partial charge in [0.05, 0.1) is 48.8 Å². The molecule has 2 aromatic rings.